The fourth-order valence-corrected chi connectivity index (χ4v) is 2.78. The van der Waals surface area contributed by atoms with Crippen LogP contribution in [0, 0.1) is 6.92 Å². The zero-order valence-electron chi connectivity index (χ0n) is 12.1. The van der Waals surface area contributed by atoms with Crippen molar-refractivity contribution in [2.45, 2.75) is 26.8 Å². The van der Waals surface area contributed by atoms with Crippen molar-refractivity contribution < 1.29 is 5.11 Å². The first-order chi connectivity index (χ1) is 10.1. The second-order valence-electron chi connectivity index (χ2n) is 5.24. The highest BCUT2D eigenvalue weighted by atomic mass is 35.5. The SMILES string of the molecule is CCCn1c(-c2cc(O)ccc2Cl)nc2cc(C)ccc21. The van der Waals surface area contributed by atoms with Gasteiger partial charge in [-0.2, -0.15) is 0 Å². The third-order valence-corrected chi connectivity index (χ3v) is 3.87. The summed E-state index contributed by atoms with van der Waals surface area (Å²) in [5.41, 5.74) is 3.99. The molecule has 21 heavy (non-hydrogen) atoms. The number of rotatable bonds is 3. The highest BCUT2D eigenvalue weighted by Crippen LogP contribution is 2.33. The van der Waals surface area contributed by atoms with Crippen LogP contribution in [0.25, 0.3) is 22.4 Å². The number of phenols is 1. The molecule has 0 atom stereocenters. The van der Waals surface area contributed by atoms with Gasteiger partial charge in [-0.25, -0.2) is 4.98 Å². The molecule has 3 nitrogen and oxygen atoms in total. The van der Waals surface area contributed by atoms with Gasteiger partial charge in [0.25, 0.3) is 0 Å². The summed E-state index contributed by atoms with van der Waals surface area (Å²) in [6.45, 7) is 5.05. The summed E-state index contributed by atoms with van der Waals surface area (Å²) >= 11 is 6.30. The lowest BCUT2D eigenvalue weighted by Gasteiger charge is -2.09. The molecule has 0 aliphatic rings. The van der Waals surface area contributed by atoms with Gasteiger partial charge in [-0.05, 0) is 49.2 Å². The van der Waals surface area contributed by atoms with Crippen molar-refractivity contribution in [1.29, 1.82) is 0 Å². The van der Waals surface area contributed by atoms with E-state index in [4.69, 9.17) is 16.6 Å². The van der Waals surface area contributed by atoms with Crippen LogP contribution in [0.15, 0.2) is 36.4 Å². The first-order valence-electron chi connectivity index (χ1n) is 7.06. The van der Waals surface area contributed by atoms with E-state index in [2.05, 4.69) is 36.6 Å². The van der Waals surface area contributed by atoms with E-state index in [-0.39, 0.29) is 5.75 Å². The number of imidazole rings is 1. The maximum atomic E-state index is 9.74. The molecule has 4 heteroatoms. The molecule has 0 saturated carbocycles. The first kappa shape index (κ1) is 14.0. The Hall–Kier alpha value is -2.00. The predicted molar refractivity (Wildman–Crippen MR) is 86.9 cm³/mol. The van der Waals surface area contributed by atoms with E-state index < -0.39 is 0 Å². The van der Waals surface area contributed by atoms with Crippen LogP contribution in [0.1, 0.15) is 18.9 Å². The zero-order valence-corrected chi connectivity index (χ0v) is 12.9. The number of fused-ring (bicyclic) bond motifs is 1. The lowest BCUT2D eigenvalue weighted by Crippen LogP contribution is -2.00. The van der Waals surface area contributed by atoms with Gasteiger partial charge < -0.3 is 9.67 Å². The van der Waals surface area contributed by atoms with Gasteiger partial charge in [0.05, 0.1) is 16.1 Å². The van der Waals surface area contributed by atoms with E-state index >= 15 is 0 Å². The summed E-state index contributed by atoms with van der Waals surface area (Å²) in [5, 5.41) is 10.3. The largest absolute Gasteiger partial charge is 0.508 e. The summed E-state index contributed by atoms with van der Waals surface area (Å²) in [5.74, 6) is 0.999. The molecule has 0 bridgehead atoms. The van der Waals surface area contributed by atoms with Crippen LogP contribution < -0.4 is 0 Å². The van der Waals surface area contributed by atoms with Crippen LogP contribution in [0.4, 0.5) is 0 Å². The standard InChI is InChI=1S/C17H17ClN2O/c1-3-8-20-16-7-4-11(2)9-15(16)19-17(20)13-10-12(21)5-6-14(13)18/h4-7,9-10,21H,3,8H2,1-2H3. The van der Waals surface area contributed by atoms with Crippen LogP contribution in [0.3, 0.4) is 0 Å². The molecule has 3 rings (SSSR count). The lowest BCUT2D eigenvalue weighted by molar-refractivity contribution is 0.475. The van der Waals surface area contributed by atoms with Gasteiger partial charge in [-0.1, -0.05) is 24.6 Å². The maximum absolute atomic E-state index is 9.74. The van der Waals surface area contributed by atoms with Gasteiger partial charge in [0.2, 0.25) is 0 Å². The Kier molecular flexibility index (Phi) is 3.60. The third-order valence-electron chi connectivity index (χ3n) is 3.54. The average Bonchev–Trinajstić information content (AvgIpc) is 2.80. The van der Waals surface area contributed by atoms with E-state index in [0.29, 0.717) is 5.02 Å². The number of hydrogen-bond donors (Lipinski definition) is 1. The van der Waals surface area contributed by atoms with Gasteiger partial charge in [0.1, 0.15) is 11.6 Å². The molecule has 0 fully saturated rings. The number of aromatic hydroxyl groups is 1. The highest BCUT2D eigenvalue weighted by Gasteiger charge is 2.15. The van der Waals surface area contributed by atoms with Crippen LogP contribution in [0.2, 0.25) is 5.02 Å². The Bertz CT molecular complexity index is 808. The monoisotopic (exact) mass is 300 g/mol. The molecular formula is C17H17ClN2O. The fraction of sp³-hybridized carbons (Fsp3) is 0.235. The Morgan fingerprint density at radius 2 is 2.00 bits per heavy atom. The number of hydrogen-bond acceptors (Lipinski definition) is 2. The fourth-order valence-electron chi connectivity index (χ4n) is 2.58. The lowest BCUT2D eigenvalue weighted by atomic mass is 10.2. The van der Waals surface area contributed by atoms with Gasteiger partial charge in [0.15, 0.2) is 0 Å². The van der Waals surface area contributed by atoms with Gasteiger partial charge >= 0.3 is 0 Å². The van der Waals surface area contributed by atoms with Crippen LogP contribution in [-0.4, -0.2) is 14.7 Å². The van der Waals surface area contributed by atoms with Gasteiger partial charge in [-0.3, -0.25) is 0 Å². The minimum absolute atomic E-state index is 0.195. The maximum Gasteiger partial charge on any atom is 0.142 e. The van der Waals surface area contributed by atoms with Crippen LogP contribution in [-0.2, 0) is 6.54 Å². The minimum atomic E-state index is 0.195. The van der Waals surface area contributed by atoms with Crippen molar-refractivity contribution in [2.75, 3.05) is 0 Å². The quantitative estimate of drug-likeness (QED) is 0.756. The summed E-state index contributed by atoms with van der Waals surface area (Å²) in [7, 11) is 0. The Balaban J connectivity index is 2.30. The number of nitrogens with zero attached hydrogens (tertiary/aromatic N) is 2. The molecule has 1 N–H and O–H groups in total. The molecule has 0 aliphatic carbocycles. The minimum Gasteiger partial charge on any atom is -0.508 e. The van der Waals surface area contributed by atoms with Crippen molar-refractivity contribution in [3.8, 4) is 17.1 Å². The molecule has 3 aromatic rings. The normalized spacial score (nSPS) is 11.2. The molecule has 108 valence electrons. The van der Waals surface area contributed by atoms with Gasteiger partial charge in [0, 0.05) is 12.1 Å². The Labute approximate surface area is 128 Å². The van der Waals surface area contributed by atoms with E-state index in [1.165, 1.54) is 5.56 Å². The number of halogens is 1. The summed E-state index contributed by atoms with van der Waals surface area (Å²) in [6, 6.07) is 11.2. The van der Waals surface area contributed by atoms with E-state index in [1.807, 2.05) is 0 Å². The molecule has 0 unspecified atom stereocenters. The molecule has 0 amide bonds. The Morgan fingerprint density at radius 3 is 2.76 bits per heavy atom. The van der Waals surface area contributed by atoms with Crippen molar-refractivity contribution in [3.63, 3.8) is 0 Å². The molecule has 2 aromatic carbocycles. The van der Waals surface area contributed by atoms with Crippen molar-refractivity contribution >= 4 is 22.6 Å². The number of benzene rings is 2. The average molecular weight is 301 g/mol. The number of aryl methyl sites for hydroxylation is 2. The van der Waals surface area contributed by atoms with Gasteiger partial charge in [-0.15, -0.1) is 0 Å². The van der Waals surface area contributed by atoms with E-state index in [0.717, 1.165) is 35.4 Å². The van der Waals surface area contributed by atoms with Crippen LogP contribution >= 0.6 is 11.6 Å². The predicted octanol–water partition coefficient (Wildman–Crippen LogP) is 4.78. The number of aromatic nitrogens is 2. The van der Waals surface area contributed by atoms with Crippen LogP contribution in [0.5, 0.6) is 5.75 Å². The molecule has 1 heterocycles. The molecule has 0 aliphatic heterocycles. The summed E-state index contributed by atoms with van der Waals surface area (Å²) < 4.78 is 2.16. The topological polar surface area (TPSA) is 38.0 Å². The second kappa shape index (κ2) is 5.41. The van der Waals surface area contributed by atoms with E-state index in [9.17, 15) is 5.11 Å². The molecule has 0 spiro atoms. The third kappa shape index (κ3) is 2.49. The molecular weight excluding hydrogens is 284 g/mol. The molecule has 0 saturated heterocycles. The molecule has 0 radical (unpaired) electrons. The van der Waals surface area contributed by atoms with E-state index in [1.54, 1.807) is 18.2 Å². The summed E-state index contributed by atoms with van der Waals surface area (Å²) in [6.07, 6.45) is 1.00. The first-order valence-corrected chi connectivity index (χ1v) is 7.43. The highest BCUT2D eigenvalue weighted by molar-refractivity contribution is 6.33. The van der Waals surface area contributed by atoms with Crippen molar-refractivity contribution in [2.24, 2.45) is 0 Å². The summed E-state index contributed by atoms with van der Waals surface area (Å²) in [4.78, 5) is 4.73. The number of phenolic OH excluding ortho intramolecular Hbond substituents is 1. The second-order valence-corrected chi connectivity index (χ2v) is 5.65. The smallest absolute Gasteiger partial charge is 0.142 e. The van der Waals surface area contributed by atoms with Crippen molar-refractivity contribution in [3.05, 3.63) is 47.0 Å². The Morgan fingerprint density at radius 1 is 1.19 bits per heavy atom. The van der Waals surface area contributed by atoms with Crippen molar-refractivity contribution in [1.82, 2.24) is 9.55 Å². The molecule has 1 aromatic heterocycles. The zero-order chi connectivity index (χ0) is 15.0.